The molecule has 1 rings (SSSR count). The van der Waals surface area contributed by atoms with Crippen LogP contribution in [0.4, 0.5) is 0 Å². The molecule has 0 aliphatic heterocycles. The van der Waals surface area contributed by atoms with Crippen LogP contribution in [0.5, 0.6) is 5.75 Å². The number of rotatable bonds is 3. The van der Waals surface area contributed by atoms with E-state index in [1.807, 2.05) is 27.7 Å². The average molecular weight is 276 g/mol. The van der Waals surface area contributed by atoms with Gasteiger partial charge in [-0.3, -0.25) is 14.8 Å². The van der Waals surface area contributed by atoms with Crippen LogP contribution >= 0.6 is 0 Å². The third-order valence-corrected chi connectivity index (χ3v) is 1.92. The summed E-state index contributed by atoms with van der Waals surface area (Å²) >= 11 is 0. The van der Waals surface area contributed by atoms with Gasteiger partial charge < -0.3 is 5.11 Å². The predicted octanol–water partition coefficient (Wildman–Crippen LogP) is 3.55. The third-order valence-electron chi connectivity index (χ3n) is 1.92. The van der Waals surface area contributed by atoms with E-state index in [0.717, 1.165) is 0 Å². The highest BCUT2D eigenvalue weighted by atomic mass is 16.3. The molecule has 0 saturated heterocycles. The molecule has 0 bridgehead atoms. The van der Waals surface area contributed by atoms with Crippen molar-refractivity contribution in [2.45, 2.75) is 27.7 Å². The maximum Gasteiger partial charge on any atom is 0.220 e. The summed E-state index contributed by atoms with van der Waals surface area (Å²) in [5.41, 5.74) is 0.654. The van der Waals surface area contributed by atoms with Gasteiger partial charge in [-0.05, 0) is 24.9 Å². The summed E-state index contributed by atoms with van der Waals surface area (Å²) in [6, 6.07) is 5.89. The molecular formula is C16H24N2O2. The summed E-state index contributed by atoms with van der Waals surface area (Å²) < 4.78 is 0. The van der Waals surface area contributed by atoms with Crippen LogP contribution in [0.1, 0.15) is 33.3 Å². The Morgan fingerprint density at radius 3 is 2.35 bits per heavy atom. The quantitative estimate of drug-likeness (QED) is 0.858. The van der Waals surface area contributed by atoms with Crippen LogP contribution in [0.3, 0.4) is 0 Å². The van der Waals surface area contributed by atoms with Gasteiger partial charge in [0.1, 0.15) is 0 Å². The minimum absolute atomic E-state index is 0.293. The Bertz CT molecular complexity index is 506. The molecule has 0 unspecified atom stereocenters. The summed E-state index contributed by atoms with van der Waals surface area (Å²) in [5, 5.41) is 9.23. The average Bonchev–Trinajstić information content (AvgIpc) is 2.66. The SMILES string of the molecule is C=N/C(=C\C=NC)c1cccc(O)c(=O)c1.CC.CC. The van der Waals surface area contributed by atoms with Crippen LogP contribution in [0, 0.1) is 0 Å². The lowest BCUT2D eigenvalue weighted by Crippen LogP contribution is -1.94. The molecule has 0 heterocycles. The maximum atomic E-state index is 11.4. The number of aliphatic imine (C=N–C) groups is 2. The summed E-state index contributed by atoms with van der Waals surface area (Å²) in [5.74, 6) is -0.293. The minimum Gasteiger partial charge on any atom is -0.504 e. The Kier molecular flexibility index (Phi) is 13.3. The second kappa shape index (κ2) is 13.2. The third kappa shape index (κ3) is 7.26. The van der Waals surface area contributed by atoms with Crippen LogP contribution in [-0.4, -0.2) is 25.1 Å². The molecule has 4 heteroatoms. The van der Waals surface area contributed by atoms with Crippen LogP contribution in [0.25, 0.3) is 5.70 Å². The molecule has 0 amide bonds. The normalized spacial score (nSPS) is 9.95. The lowest BCUT2D eigenvalue weighted by atomic mass is 10.2. The standard InChI is InChI=1S/C12H12N2O2.2C2H6/c1-13-7-6-10(14-2)9-4-3-5-11(15)12(16)8-9;2*1-2/h3-8H,2H2,1H3,(H,15,16);2*1-2H3/b10-6-,13-7?;;. The van der Waals surface area contributed by atoms with Gasteiger partial charge in [0.15, 0.2) is 5.75 Å². The van der Waals surface area contributed by atoms with E-state index in [-0.39, 0.29) is 5.75 Å². The lowest BCUT2D eigenvalue weighted by Gasteiger charge is -1.95. The Hall–Kier alpha value is -2.23. The van der Waals surface area contributed by atoms with Gasteiger partial charge in [-0.25, -0.2) is 0 Å². The first-order chi connectivity index (χ1) is 9.69. The van der Waals surface area contributed by atoms with E-state index < -0.39 is 5.43 Å². The van der Waals surface area contributed by atoms with Gasteiger partial charge in [0.25, 0.3) is 0 Å². The molecule has 0 fully saturated rings. The molecule has 20 heavy (non-hydrogen) atoms. The molecule has 0 aliphatic carbocycles. The van der Waals surface area contributed by atoms with Crippen LogP contribution in [0.15, 0.2) is 45.1 Å². The number of hydrogen-bond acceptors (Lipinski definition) is 4. The maximum absolute atomic E-state index is 11.4. The number of allylic oxidation sites excluding steroid dienone is 1. The van der Waals surface area contributed by atoms with E-state index in [1.54, 1.807) is 31.5 Å². The molecule has 0 spiro atoms. The fraction of sp³-hybridized carbons (Fsp3) is 0.312. The van der Waals surface area contributed by atoms with Crippen molar-refractivity contribution in [1.82, 2.24) is 0 Å². The Morgan fingerprint density at radius 2 is 1.85 bits per heavy atom. The van der Waals surface area contributed by atoms with Crippen LogP contribution in [-0.2, 0) is 0 Å². The number of hydrogen-bond donors (Lipinski definition) is 1. The van der Waals surface area contributed by atoms with Gasteiger partial charge >= 0.3 is 0 Å². The van der Waals surface area contributed by atoms with E-state index in [0.29, 0.717) is 11.3 Å². The summed E-state index contributed by atoms with van der Waals surface area (Å²) in [6.45, 7) is 11.4. The minimum atomic E-state index is -0.456. The van der Waals surface area contributed by atoms with Crippen molar-refractivity contribution < 1.29 is 5.11 Å². The summed E-state index contributed by atoms with van der Waals surface area (Å²) in [4.78, 5) is 18.9. The van der Waals surface area contributed by atoms with E-state index in [4.69, 9.17) is 0 Å². The molecule has 0 saturated carbocycles. The van der Waals surface area contributed by atoms with Gasteiger partial charge in [0.05, 0.1) is 5.70 Å². The number of aromatic hydroxyl groups is 1. The van der Waals surface area contributed by atoms with Gasteiger partial charge in [-0.15, -0.1) is 0 Å². The van der Waals surface area contributed by atoms with Crippen molar-refractivity contribution in [2.75, 3.05) is 7.05 Å². The zero-order chi connectivity index (χ0) is 16.0. The second-order valence-corrected chi connectivity index (χ2v) is 2.99. The van der Waals surface area contributed by atoms with Crippen molar-refractivity contribution in [3.8, 4) is 5.75 Å². The van der Waals surface area contributed by atoms with Crippen molar-refractivity contribution in [3.05, 3.63) is 46.1 Å². The highest BCUT2D eigenvalue weighted by Crippen LogP contribution is 2.13. The smallest absolute Gasteiger partial charge is 0.220 e. The molecule has 1 N–H and O–H groups in total. The van der Waals surface area contributed by atoms with Gasteiger partial charge in [-0.2, -0.15) is 0 Å². The van der Waals surface area contributed by atoms with E-state index >= 15 is 0 Å². The largest absolute Gasteiger partial charge is 0.504 e. The lowest BCUT2D eigenvalue weighted by molar-refractivity contribution is 0.471. The molecular weight excluding hydrogens is 252 g/mol. The first kappa shape index (κ1) is 20.1. The molecule has 0 atom stereocenters. The van der Waals surface area contributed by atoms with Crippen LogP contribution in [0.2, 0.25) is 0 Å². The van der Waals surface area contributed by atoms with Crippen molar-refractivity contribution in [2.24, 2.45) is 9.98 Å². The van der Waals surface area contributed by atoms with Gasteiger partial charge in [-0.1, -0.05) is 39.8 Å². The topological polar surface area (TPSA) is 62.0 Å². The van der Waals surface area contributed by atoms with E-state index in [2.05, 4.69) is 16.7 Å². The molecule has 0 radical (unpaired) electrons. The van der Waals surface area contributed by atoms with Crippen molar-refractivity contribution in [3.63, 3.8) is 0 Å². The Labute approximate surface area is 121 Å². The molecule has 1 aromatic rings. The second-order valence-electron chi connectivity index (χ2n) is 2.99. The molecule has 1 aromatic carbocycles. The zero-order valence-electron chi connectivity index (χ0n) is 12.9. The number of nitrogens with zero attached hydrogens (tertiary/aromatic N) is 2. The highest BCUT2D eigenvalue weighted by Gasteiger charge is 1.99. The fourth-order valence-electron chi connectivity index (χ4n) is 1.13. The van der Waals surface area contributed by atoms with Gasteiger partial charge in [0, 0.05) is 18.8 Å². The highest BCUT2D eigenvalue weighted by molar-refractivity contribution is 5.85. The Balaban J connectivity index is 0. The first-order valence-electron chi connectivity index (χ1n) is 6.62. The van der Waals surface area contributed by atoms with Crippen molar-refractivity contribution >= 4 is 18.6 Å². The molecule has 0 aliphatic rings. The summed E-state index contributed by atoms with van der Waals surface area (Å²) in [7, 11) is 1.63. The predicted molar refractivity (Wildman–Crippen MR) is 89.0 cm³/mol. The van der Waals surface area contributed by atoms with Gasteiger partial charge in [0.2, 0.25) is 5.43 Å². The first-order valence-corrected chi connectivity index (χ1v) is 6.62. The summed E-state index contributed by atoms with van der Waals surface area (Å²) in [6.07, 6.45) is 3.19. The van der Waals surface area contributed by atoms with E-state index in [1.165, 1.54) is 12.1 Å². The fourth-order valence-corrected chi connectivity index (χ4v) is 1.13. The molecule has 4 nitrogen and oxygen atoms in total. The molecule has 110 valence electrons. The monoisotopic (exact) mass is 276 g/mol. The van der Waals surface area contributed by atoms with Crippen molar-refractivity contribution in [1.29, 1.82) is 0 Å². The van der Waals surface area contributed by atoms with E-state index in [9.17, 15) is 9.90 Å². The zero-order valence-corrected chi connectivity index (χ0v) is 12.9. The molecule has 0 aromatic heterocycles. The van der Waals surface area contributed by atoms with Crippen LogP contribution < -0.4 is 5.43 Å². The Morgan fingerprint density at radius 1 is 1.25 bits per heavy atom.